The van der Waals surface area contributed by atoms with Crippen LogP contribution in [-0.4, -0.2) is 0 Å². The minimum absolute atomic E-state index is 1.15. The van der Waals surface area contributed by atoms with Crippen molar-refractivity contribution in [2.24, 2.45) is 0 Å². The number of aryl methyl sites for hydroxylation is 2. The van der Waals surface area contributed by atoms with Gasteiger partial charge in [0.1, 0.15) is 0 Å². The summed E-state index contributed by atoms with van der Waals surface area (Å²) in [5, 5.41) is 10.4. The molecule has 56 heavy (non-hydrogen) atoms. The maximum absolute atomic E-state index is 2.44. The molecule has 0 saturated heterocycles. The van der Waals surface area contributed by atoms with Gasteiger partial charge < -0.3 is 9.80 Å². The summed E-state index contributed by atoms with van der Waals surface area (Å²) in [6, 6.07) is 66.7. The smallest absolute Gasteiger partial charge is 0.0490 e. The van der Waals surface area contributed by atoms with Crippen molar-refractivity contribution in [1.29, 1.82) is 0 Å². The van der Waals surface area contributed by atoms with Crippen LogP contribution in [0.25, 0.3) is 61.9 Å². The normalized spacial score (nSPS) is 11.8. The Morgan fingerprint density at radius 1 is 0.321 bits per heavy atom. The first-order valence-electron chi connectivity index (χ1n) is 19.1. The molecule has 11 rings (SSSR count). The highest BCUT2D eigenvalue weighted by Crippen LogP contribution is 2.47. The largest absolute Gasteiger partial charge is 0.310 e. The van der Waals surface area contributed by atoms with Crippen LogP contribution in [0.15, 0.2) is 182 Å². The van der Waals surface area contributed by atoms with Crippen molar-refractivity contribution >= 4 is 119 Å². The molecule has 9 aromatic carbocycles. The number of nitrogens with zero attached hydrogens (tertiary/aromatic N) is 2. The van der Waals surface area contributed by atoms with E-state index in [0.29, 0.717) is 0 Å². The highest BCUT2D eigenvalue weighted by molar-refractivity contribution is 7.28. The average Bonchev–Trinajstić information content (AvgIpc) is 3.80. The minimum atomic E-state index is 1.15. The molecule has 11 aromatic rings. The molecule has 0 aliphatic rings. The molecule has 4 heteroatoms. The van der Waals surface area contributed by atoms with Crippen LogP contribution in [-0.2, 0) is 0 Å². The molecule has 0 radical (unpaired) electrons. The topological polar surface area (TPSA) is 6.48 Å². The number of anilines is 6. The quantitative estimate of drug-likeness (QED) is 0.167. The minimum Gasteiger partial charge on any atom is -0.310 e. The summed E-state index contributed by atoms with van der Waals surface area (Å²) in [7, 11) is 0. The summed E-state index contributed by atoms with van der Waals surface area (Å²) in [6.45, 7) is 4.37. The van der Waals surface area contributed by atoms with Crippen LogP contribution in [0.1, 0.15) is 11.1 Å². The zero-order valence-corrected chi connectivity index (χ0v) is 32.7. The van der Waals surface area contributed by atoms with Crippen molar-refractivity contribution in [3.05, 3.63) is 193 Å². The van der Waals surface area contributed by atoms with E-state index in [-0.39, 0.29) is 0 Å². The molecule has 0 aliphatic carbocycles. The molecule has 0 spiro atoms. The van der Waals surface area contributed by atoms with Gasteiger partial charge >= 0.3 is 0 Å². The van der Waals surface area contributed by atoms with Crippen molar-refractivity contribution in [3.8, 4) is 0 Å². The molecule has 266 valence electrons. The van der Waals surface area contributed by atoms with Crippen molar-refractivity contribution in [2.75, 3.05) is 9.80 Å². The summed E-state index contributed by atoms with van der Waals surface area (Å²) in [5.74, 6) is 0. The number of hydrogen-bond donors (Lipinski definition) is 0. The Morgan fingerprint density at radius 3 is 1.14 bits per heavy atom. The summed E-state index contributed by atoms with van der Waals surface area (Å²) in [4.78, 5) is 4.74. The van der Waals surface area contributed by atoms with E-state index in [2.05, 4.69) is 206 Å². The summed E-state index contributed by atoms with van der Waals surface area (Å²) >= 11 is 3.84. The Labute approximate surface area is 333 Å². The first kappa shape index (κ1) is 32.9. The zero-order chi connectivity index (χ0) is 37.3. The van der Waals surface area contributed by atoms with Crippen LogP contribution in [0.4, 0.5) is 34.1 Å². The molecular weight excluding hydrogens is 717 g/mol. The zero-order valence-electron chi connectivity index (χ0n) is 31.0. The van der Waals surface area contributed by atoms with Crippen LogP contribution in [0, 0.1) is 13.8 Å². The Morgan fingerprint density at radius 2 is 0.714 bits per heavy atom. The van der Waals surface area contributed by atoms with Gasteiger partial charge in [0, 0.05) is 74.5 Å². The SMILES string of the molecule is Cc1ccccc1N(c1ccccc1)c1ccc2c(ccc3c4cc5sc6c7ccc(N(c8ccccc8)c8ccccc8C)cc7ccc6c5cc4sc23)c1. The van der Waals surface area contributed by atoms with Gasteiger partial charge in [0.15, 0.2) is 0 Å². The van der Waals surface area contributed by atoms with Crippen LogP contribution in [0.5, 0.6) is 0 Å². The second-order valence-corrected chi connectivity index (χ2v) is 16.8. The maximum Gasteiger partial charge on any atom is 0.0490 e. The van der Waals surface area contributed by atoms with Gasteiger partial charge in [-0.15, -0.1) is 22.7 Å². The lowest BCUT2D eigenvalue weighted by molar-refractivity contribution is 1.25. The summed E-state index contributed by atoms with van der Waals surface area (Å²) < 4.78 is 5.37. The lowest BCUT2D eigenvalue weighted by atomic mass is 10.0. The first-order chi connectivity index (χ1) is 27.6. The Balaban J connectivity index is 1.02. The molecule has 2 nitrogen and oxygen atoms in total. The number of hydrogen-bond acceptors (Lipinski definition) is 4. The molecule has 0 atom stereocenters. The lowest BCUT2D eigenvalue weighted by Crippen LogP contribution is -2.11. The number of fused-ring (bicyclic) bond motifs is 10. The van der Waals surface area contributed by atoms with Crippen LogP contribution in [0.3, 0.4) is 0 Å². The molecular formula is C52H36N2S2. The highest BCUT2D eigenvalue weighted by atomic mass is 32.1. The van der Waals surface area contributed by atoms with E-state index >= 15 is 0 Å². The third kappa shape index (κ3) is 5.29. The second-order valence-electron chi connectivity index (χ2n) is 14.7. The number of para-hydroxylation sites is 4. The fourth-order valence-corrected chi connectivity index (χ4v) is 11.0. The van der Waals surface area contributed by atoms with E-state index < -0.39 is 0 Å². The van der Waals surface area contributed by atoms with Crippen LogP contribution < -0.4 is 9.80 Å². The third-order valence-electron chi connectivity index (χ3n) is 11.3. The Bertz CT molecular complexity index is 3060. The fraction of sp³-hybridized carbons (Fsp3) is 0.0385. The second kappa shape index (κ2) is 13.1. The summed E-state index contributed by atoms with van der Waals surface area (Å²) in [5.41, 5.74) is 9.50. The first-order valence-corrected chi connectivity index (χ1v) is 20.7. The van der Waals surface area contributed by atoms with Crippen molar-refractivity contribution in [1.82, 2.24) is 0 Å². The lowest BCUT2D eigenvalue weighted by Gasteiger charge is -2.27. The van der Waals surface area contributed by atoms with E-state index in [0.717, 1.165) is 22.7 Å². The number of rotatable bonds is 6. The van der Waals surface area contributed by atoms with E-state index in [4.69, 9.17) is 0 Å². The van der Waals surface area contributed by atoms with Gasteiger partial charge in [-0.3, -0.25) is 0 Å². The number of thiophene rings is 2. The van der Waals surface area contributed by atoms with Crippen molar-refractivity contribution in [2.45, 2.75) is 13.8 Å². The van der Waals surface area contributed by atoms with Gasteiger partial charge in [0.25, 0.3) is 0 Å². The van der Waals surface area contributed by atoms with Crippen molar-refractivity contribution < 1.29 is 0 Å². The van der Waals surface area contributed by atoms with E-state index in [1.165, 1.54) is 84.4 Å². The predicted molar refractivity (Wildman–Crippen MR) is 246 cm³/mol. The Kier molecular flexibility index (Phi) is 7.70. The standard InChI is InChI=1S/C52H36N2S2/c1-33-13-9-11-19-47(33)53(37-15-5-3-6-16-37)39-23-27-41-35(29-39)21-25-43-45-31-50-46(32-49(45)55-51(41)43)44-26-22-36-30-40(24-28-42(36)52(44)56-50)54(38-17-7-4-8-18-38)48-20-12-10-14-34(48)2/h3-32H,1-2H3. The molecule has 2 heterocycles. The van der Waals surface area contributed by atoms with Crippen molar-refractivity contribution in [3.63, 3.8) is 0 Å². The van der Waals surface area contributed by atoms with Gasteiger partial charge in [-0.25, -0.2) is 0 Å². The molecule has 0 unspecified atom stereocenters. The van der Waals surface area contributed by atoms with Crippen LogP contribution in [0.2, 0.25) is 0 Å². The fourth-order valence-electron chi connectivity index (χ4n) is 8.51. The number of benzene rings is 9. The molecule has 0 bridgehead atoms. The van der Waals surface area contributed by atoms with Gasteiger partial charge in [0.05, 0.1) is 0 Å². The monoisotopic (exact) mass is 752 g/mol. The van der Waals surface area contributed by atoms with E-state index in [1.54, 1.807) is 0 Å². The van der Waals surface area contributed by atoms with E-state index in [1.807, 2.05) is 22.7 Å². The summed E-state index contributed by atoms with van der Waals surface area (Å²) in [6.07, 6.45) is 0. The highest BCUT2D eigenvalue weighted by Gasteiger charge is 2.19. The van der Waals surface area contributed by atoms with Gasteiger partial charge in [-0.1, -0.05) is 109 Å². The molecule has 0 amide bonds. The molecule has 0 fully saturated rings. The maximum atomic E-state index is 2.44. The Hall–Kier alpha value is -6.46. The molecule has 0 aliphatic heterocycles. The van der Waals surface area contributed by atoms with Crippen LogP contribution >= 0.6 is 22.7 Å². The van der Waals surface area contributed by atoms with E-state index in [9.17, 15) is 0 Å². The molecule has 0 saturated carbocycles. The van der Waals surface area contributed by atoms with Gasteiger partial charge in [-0.2, -0.15) is 0 Å². The molecule has 2 aromatic heterocycles. The average molecular weight is 753 g/mol. The third-order valence-corrected chi connectivity index (χ3v) is 13.7. The van der Waals surface area contributed by atoms with Gasteiger partial charge in [-0.05, 0) is 119 Å². The molecule has 0 N–H and O–H groups in total. The predicted octanol–water partition coefficient (Wildman–Crippen LogP) is 16.3. The van der Waals surface area contributed by atoms with Gasteiger partial charge in [0.2, 0.25) is 0 Å².